The smallest absolute Gasteiger partial charge is 0.255 e. The number of aromatic nitrogens is 2. The largest absolute Gasteiger partial charge is 0.378 e. The van der Waals surface area contributed by atoms with Crippen LogP contribution in [0.1, 0.15) is 34.4 Å². The summed E-state index contributed by atoms with van der Waals surface area (Å²) in [6, 6.07) is 3.66. The van der Waals surface area contributed by atoms with E-state index in [0.717, 1.165) is 24.4 Å². The molecule has 0 spiro atoms. The molecule has 0 aromatic carbocycles. The molecule has 128 valence electrons. The Morgan fingerprint density at radius 1 is 1.38 bits per heavy atom. The van der Waals surface area contributed by atoms with Crippen LogP contribution in [0.25, 0.3) is 0 Å². The zero-order chi connectivity index (χ0) is 16.8. The number of amides is 1. The second kappa shape index (κ2) is 8.21. The minimum atomic E-state index is 0.0149. The molecule has 0 bridgehead atoms. The number of pyridine rings is 1. The number of hydrogen-bond donors (Lipinski definition) is 1. The van der Waals surface area contributed by atoms with Crippen molar-refractivity contribution in [2.75, 3.05) is 31.6 Å². The van der Waals surface area contributed by atoms with Crippen LogP contribution in [0.5, 0.6) is 0 Å². The number of nitrogens with zero attached hydrogens (tertiary/aromatic N) is 3. The predicted octanol–water partition coefficient (Wildman–Crippen LogP) is 2.58. The average molecular weight is 346 g/mol. The molecule has 1 fully saturated rings. The molecule has 0 saturated carbocycles. The van der Waals surface area contributed by atoms with Gasteiger partial charge >= 0.3 is 0 Å². The van der Waals surface area contributed by atoms with Gasteiger partial charge in [0.25, 0.3) is 5.91 Å². The second-order valence-corrected chi connectivity index (χ2v) is 6.62. The minimum Gasteiger partial charge on any atom is -0.378 e. The molecule has 3 rings (SSSR count). The number of ether oxygens (including phenoxy) is 1. The fourth-order valence-electron chi connectivity index (χ4n) is 2.51. The molecule has 7 heteroatoms. The molecule has 2 aromatic rings. The van der Waals surface area contributed by atoms with Gasteiger partial charge in [0.2, 0.25) is 0 Å². The van der Waals surface area contributed by atoms with Crippen LogP contribution >= 0.6 is 11.3 Å². The fraction of sp³-hybridized carbons (Fsp3) is 0.471. The Morgan fingerprint density at radius 2 is 2.21 bits per heavy atom. The first-order valence-electron chi connectivity index (χ1n) is 8.26. The maximum Gasteiger partial charge on any atom is 0.255 e. The number of nitrogens with one attached hydrogen (secondary N) is 1. The van der Waals surface area contributed by atoms with Gasteiger partial charge < -0.3 is 15.0 Å². The first-order valence-corrected chi connectivity index (χ1v) is 9.14. The SMILES string of the molecule is CCCc1nc(CNc2ccc(C(=O)N3CCOCC3)cn2)cs1. The van der Waals surface area contributed by atoms with Gasteiger partial charge in [-0.25, -0.2) is 9.97 Å². The maximum absolute atomic E-state index is 12.4. The number of aryl methyl sites for hydroxylation is 1. The van der Waals surface area contributed by atoms with E-state index in [4.69, 9.17) is 4.74 Å². The van der Waals surface area contributed by atoms with Crippen molar-refractivity contribution in [3.8, 4) is 0 Å². The van der Waals surface area contributed by atoms with E-state index in [-0.39, 0.29) is 5.91 Å². The van der Waals surface area contributed by atoms with Crippen molar-refractivity contribution in [2.45, 2.75) is 26.3 Å². The first-order chi connectivity index (χ1) is 11.8. The van der Waals surface area contributed by atoms with Gasteiger partial charge in [-0.15, -0.1) is 11.3 Å². The highest BCUT2D eigenvalue weighted by molar-refractivity contribution is 7.09. The van der Waals surface area contributed by atoms with E-state index in [1.165, 1.54) is 5.01 Å². The number of carbonyl (C=O) groups is 1. The molecule has 1 aliphatic heterocycles. The van der Waals surface area contributed by atoms with E-state index in [1.54, 1.807) is 22.4 Å². The standard InChI is InChI=1S/C17H22N4O2S/c1-2-3-16-20-14(12-24-16)11-19-15-5-4-13(10-18-15)17(22)21-6-8-23-9-7-21/h4-5,10,12H,2-3,6-9,11H2,1H3,(H,18,19). The number of anilines is 1. The van der Waals surface area contributed by atoms with Crippen LogP contribution in [-0.2, 0) is 17.7 Å². The summed E-state index contributed by atoms with van der Waals surface area (Å²) >= 11 is 1.70. The van der Waals surface area contributed by atoms with E-state index in [9.17, 15) is 4.79 Å². The van der Waals surface area contributed by atoms with Gasteiger partial charge in [-0.1, -0.05) is 6.92 Å². The van der Waals surface area contributed by atoms with Crippen LogP contribution in [0.2, 0.25) is 0 Å². The first kappa shape index (κ1) is 16.9. The summed E-state index contributed by atoms with van der Waals surface area (Å²) in [6.45, 7) is 5.29. The van der Waals surface area contributed by atoms with Crippen molar-refractivity contribution in [3.05, 3.63) is 40.0 Å². The van der Waals surface area contributed by atoms with Crippen LogP contribution < -0.4 is 5.32 Å². The quantitative estimate of drug-likeness (QED) is 0.871. The van der Waals surface area contributed by atoms with Gasteiger partial charge in [-0.2, -0.15) is 0 Å². The Balaban J connectivity index is 1.54. The zero-order valence-corrected chi connectivity index (χ0v) is 14.6. The Morgan fingerprint density at radius 3 is 2.92 bits per heavy atom. The lowest BCUT2D eigenvalue weighted by Gasteiger charge is -2.26. The Bertz CT molecular complexity index is 665. The molecule has 1 saturated heterocycles. The van der Waals surface area contributed by atoms with E-state index in [2.05, 4.69) is 27.6 Å². The van der Waals surface area contributed by atoms with Gasteiger partial charge in [0, 0.05) is 24.7 Å². The molecular formula is C17H22N4O2S. The molecule has 0 radical (unpaired) electrons. The van der Waals surface area contributed by atoms with Gasteiger partial charge in [0.15, 0.2) is 0 Å². The van der Waals surface area contributed by atoms with Crippen LogP contribution in [0.15, 0.2) is 23.7 Å². The molecule has 1 aliphatic rings. The molecule has 0 aliphatic carbocycles. The van der Waals surface area contributed by atoms with Gasteiger partial charge in [-0.3, -0.25) is 4.79 Å². The third-order valence-electron chi connectivity index (χ3n) is 3.82. The number of morpholine rings is 1. The Kier molecular flexibility index (Phi) is 5.77. The Hall–Kier alpha value is -1.99. The summed E-state index contributed by atoms with van der Waals surface area (Å²) in [7, 11) is 0. The molecular weight excluding hydrogens is 324 g/mol. The lowest BCUT2D eigenvalue weighted by Crippen LogP contribution is -2.40. The maximum atomic E-state index is 12.4. The molecule has 0 unspecified atom stereocenters. The van der Waals surface area contributed by atoms with Gasteiger partial charge in [0.1, 0.15) is 5.82 Å². The summed E-state index contributed by atoms with van der Waals surface area (Å²) in [4.78, 5) is 23.1. The van der Waals surface area contributed by atoms with Crippen LogP contribution in [0.3, 0.4) is 0 Å². The molecule has 0 atom stereocenters. The van der Waals surface area contributed by atoms with Crippen LogP contribution in [0, 0.1) is 0 Å². The highest BCUT2D eigenvalue weighted by atomic mass is 32.1. The zero-order valence-electron chi connectivity index (χ0n) is 13.8. The molecule has 1 N–H and O–H groups in total. The third-order valence-corrected chi connectivity index (χ3v) is 4.78. The monoisotopic (exact) mass is 346 g/mol. The number of hydrogen-bond acceptors (Lipinski definition) is 6. The summed E-state index contributed by atoms with van der Waals surface area (Å²) < 4.78 is 5.27. The molecule has 24 heavy (non-hydrogen) atoms. The lowest BCUT2D eigenvalue weighted by atomic mass is 10.2. The van der Waals surface area contributed by atoms with E-state index >= 15 is 0 Å². The molecule has 3 heterocycles. The number of rotatable bonds is 6. The number of thiazole rings is 1. The normalized spacial score (nSPS) is 14.6. The highest BCUT2D eigenvalue weighted by Crippen LogP contribution is 2.14. The molecule has 2 aromatic heterocycles. The van der Waals surface area contributed by atoms with Crippen LogP contribution in [0.4, 0.5) is 5.82 Å². The Labute approximate surface area is 145 Å². The van der Waals surface area contributed by atoms with Crippen molar-refractivity contribution in [1.29, 1.82) is 0 Å². The molecule has 6 nitrogen and oxygen atoms in total. The summed E-state index contributed by atoms with van der Waals surface area (Å²) in [6.07, 6.45) is 3.77. The van der Waals surface area contributed by atoms with Gasteiger partial charge in [0.05, 0.1) is 36.0 Å². The van der Waals surface area contributed by atoms with Crippen molar-refractivity contribution >= 4 is 23.1 Å². The van der Waals surface area contributed by atoms with E-state index < -0.39 is 0 Å². The van der Waals surface area contributed by atoms with Crippen molar-refractivity contribution in [3.63, 3.8) is 0 Å². The van der Waals surface area contributed by atoms with Crippen molar-refractivity contribution < 1.29 is 9.53 Å². The predicted molar refractivity (Wildman–Crippen MR) is 94.4 cm³/mol. The second-order valence-electron chi connectivity index (χ2n) is 5.67. The van der Waals surface area contributed by atoms with Crippen LogP contribution in [-0.4, -0.2) is 47.1 Å². The van der Waals surface area contributed by atoms with E-state index in [1.807, 2.05) is 12.1 Å². The highest BCUT2D eigenvalue weighted by Gasteiger charge is 2.18. The third kappa shape index (κ3) is 4.30. The summed E-state index contributed by atoms with van der Waals surface area (Å²) in [5.41, 5.74) is 1.64. The average Bonchev–Trinajstić information content (AvgIpc) is 3.08. The number of carbonyl (C=O) groups excluding carboxylic acids is 1. The topological polar surface area (TPSA) is 67.4 Å². The fourth-order valence-corrected chi connectivity index (χ4v) is 3.41. The summed E-state index contributed by atoms with van der Waals surface area (Å²) in [5.74, 6) is 0.764. The van der Waals surface area contributed by atoms with Gasteiger partial charge in [-0.05, 0) is 25.0 Å². The van der Waals surface area contributed by atoms with E-state index in [0.29, 0.717) is 38.4 Å². The minimum absolute atomic E-state index is 0.0149. The van der Waals surface area contributed by atoms with Crippen molar-refractivity contribution in [2.24, 2.45) is 0 Å². The lowest BCUT2D eigenvalue weighted by molar-refractivity contribution is 0.0302. The summed E-state index contributed by atoms with van der Waals surface area (Å²) in [5, 5.41) is 6.50. The molecule has 1 amide bonds. The van der Waals surface area contributed by atoms with Crippen molar-refractivity contribution in [1.82, 2.24) is 14.9 Å².